The SMILES string of the molecule is COc1cc([N+](=O)[O-])ccc1NC(=S)Nc1cnn(Cc2ccccc2F)c1. The molecule has 1 heterocycles. The highest BCUT2D eigenvalue weighted by Gasteiger charge is 2.12. The van der Waals surface area contributed by atoms with Crippen LogP contribution >= 0.6 is 12.2 Å². The third kappa shape index (κ3) is 4.60. The topological polar surface area (TPSA) is 94.2 Å². The van der Waals surface area contributed by atoms with Crippen LogP contribution in [0.3, 0.4) is 0 Å². The molecule has 0 saturated carbocycles. The van der Waals surface area contributed by atoms with Crippen molar-refractivity contribution in [1.29, 1.82) is 0 Å². The lowest BCUT2D eigenvalue weighted by Gasteiger charge is -2.12. The first-order valence-electron chi connectivity index (χ1n) is 8.12. The number of hydrogen-bond donors (Lipinski definition) is 2. The molecule has 3 rings (SSSR count). The lowest BCUT2D eigenvalue weighted by atomic mass is 10.2. The molecule has 144 valence electrons. The Hall–Kier alpha value is -3.53. The summed E-state index contributed by atoms with van der Waals surface area (Å²) >= 11 is 5.26. The largest absolute Gasteiger partial charge is 0.494 e. The van der Waals surface area contributed by atoms with Gasteiger partial charge in [-0.2, -0.15) is 5.10 Å². The van der Waals surface area contributed by atoms with Crippen LogP contribution < -0.4 is 15.4 Å². The normalized spacial score (nSPS) is 10.4. The van der Waals surface area contributed by atoms with Crippen LogP contribution in [-0.4, -0.2) is 26.9 Å². The second-order valence-corrected chi connectivity index (χ2v) is 6.15. The van der Waals surface area contributed by atoms with Crippen LogP contribution in [0, 0.1) is 15.9 Å². The Bertz CT molecular complexity index is 1020. The van der Waals surface area contributed by atoms with E-state index in [9.17, 15) is 14.5 Å². The second kappa shape index (κ2) is 8.44. The summed E-state index contributed by atoms with van der Waals surface area (Å²) in [5.74, 6) is -0.0106. The van der Waals surface area contributed by atoms with Gasteiger partial charge in [-0.15, -0.1) is 0 Å². The minimum Gasteiger partial charge on any atom is -0.494 e. The van der Waals surface area contributed by atoms with Crippen molar-refractivity contribution in [2.75, 3.05) is 17.7 Å². The summed E-state index contributed by atoms with van der Waals surface area (Å²) in [5.41, 5.74) is 1.52. The van der Waals surface area contributed by atoms with Gasteiger partial charge in [0.1, 0.15) is 11.6 Å². The number of non-ortho nitro benzene ring substituents is 1. The fourth-order valence-electron chi connectivity index (χ4n) is 2.50. The summed E-state index contributed by atoms with van der Waals surface area (Å²) < 4.78 is 20.5. The van der Waals surface area contributed by atoms with Gasteiger partial charge in [-0.3, -0.25) is 14.8 Å². The van der Waals surface area contributed by atoms with Crippen molar-refractivity contribution < 1.29 is 14.1 Å². The third-order valence-electron chi connectivity index (χ3n) is 3.83. The summed E-state index contributed by atoms with van der Waals surface area (Å²) in [5, 5.41) is 21.2. The Kier molecular flexibility index (Phi) is 5.80. The first-order valence-corrected chi connectivity index (χ1v) is 8.53. The summed E-state index contributed by atoms with van der Waals surface area (Å²) in [6.45, 7) is 0.282. The Morgan fingerprint density at radius 1 is 1.32 bits per heavy atom. The average Bonchev–Trinajstić information content (AvgIpc) is 3.10. The second-order valence-electron chi connectivity index (χ2n) is 5.74. The van der Waals surface area contributed by atoms with Crippen molar-refractivity contribution >= 4 is 34.4 Å². The van der Waals surface area contributed by atoms with Crippen molar-refractivity contribution in [2.45, 2.75) is 6.54 Å². The van der Waals surface area contributed by atoms with Gasteiger partial charge in [0, 0.05) is 17.8 Å². The molecule has 0 aliphatic carbocycles. The molecule has 2 aromatic carbocycles. The minimum atomic E-state index is -0.507. The number of benzene rings is 2. The number of anilines is 2. The Morgan fingerprint density at radius 2 is 2.11 bits per heavy atom. The van der Waals surface area contributed by atoms with Gasteiger partial charge in [0.25, 0.3) is 5.69 Å². The van der Waals surface area contributed by atoms with Crippen LogP contribution in [0.2, 0.25) is 0 Å². The quantitative estimate of drug-likeness (QED) is 0.369. The number of methoxy groups -OCH3 is 1. The predicted molar refractivity (Wildman–Crippen MR) is 107 cm³/mol. The van der Waals surface area contributed by atoms with Crippen LogP contribution in [-0.2, 0) is 6.54 Å². The molecule has 0 aliphatic rings. The van der Waals surface area contributed by atoms with Crippen molar-refractivity contribution in [2.24, 2.45) is 0 Å². The first-order chi connectivity index (χ1) is 13.5. The number of ether oxygens (including phenoxy) is 1. The van der Waals surface area contributed by atoms with Crippen molar-refractivity contribution in [3.05, 3.63) is 76.4 Å². The van der Waals surface area contributed by atoms with Crippen molar-refractivity contribution in [3.63, 3.8) is 0 Å². The molecule has 0 amide bonds. The molecular weight excluding hydrogens is 385 g/mol. The van der Waals surface area contributed by atoms with E-state index in [0.29, 0.717) is 16.9 Å². The van der Waals surface area contributed by atoms with E-state index < -0.39 is 4.92 Å². The number of thiocarbonyl (C=S) groups is 1. The monoisotopic (exact) mass is 401 g/mol. The maximum atomic E-state index is 13.7. The maximum Gasteiger partial charge on any atom is 0.273 e. The summed E-state index contributed by atoms with van der Waals surface area (Å²) in [6, 6.07) is 10.6. The van der Waals surface area contributed by atoms with Crippen LogP contribution in [0.25, 0.3) is 0 Å². The van der Waals surface area contributed by atoms with E-state index >= 15 is 0 Å². The lowest BCUT2D eigenvalue weighted by molar-refractivity contribution is -0.384. The molecule has 28 heavy (non-hydrogen) atoms. The van der Waals surface area contributed by atoms with E-state index in [4.69, 9.17) is 17.0 Å². The number of nitrogens with zero attached hydrogens (tertiary/aromatic N) is 3. The lowest BCUT2D eigenvalue weighted by Crippen LogP contribution is -2.19. The van der Waals surface area contributed by atoms with Gasteiger partial charge in [-0.1, -0.05) is 18.2 Å². The van der Waals surface area contributed by atoms with Gasteiger partial charge in [-0.25, -0.2) is 4.39 Å². The zero-order valence-corrected chi connectivity index (χ0v) is 15.6. The molecule has 0 spiro atoms. The third-order valence-corrected chi connectivity index (χ3v) is 4.03. The van der Waals surface area contributed by atoms with Crippen molar-refractivity contribution in [3.8, 4) is 5.75 Å². The van der Waals surface area contributed by atoms with E-state index in [-0.39, 0.29) is 28.9 Å². The van der Waals surface area contributed by atoms with E-state index in [1.54, 1.807) is 35.3 Å². The van der Waals surface area contributed by atoms with E-state index in [1.165, 1.54) is 31.4 Å². The van der Waals surface area contributed by atoms with Gasteiger partial charge < -0.3 is 15.4 Å². The number of halogens is 1. The molecule has 1 aromatic heterocycles. The zero-order chi connectivity index (χ0) is 20.1. The van der Waals surface area contributed by atoms with Crippen LogP contribution in [0.4, 0.5) is 21.5 Å². The molecule has 0 unspecified atom stereocenters. The van der Waals surface area contributed by atoms with Gasteiger partial charge in [-0.05, 0) is 24.4 Å². The maximum absolute atomic E-state index is 13.7. The van der Waals surface area contributed by atoms with Crippen LogP contribution in [0.5, 0.6) is 5.75 Å². The fraction of sp³-hybridized carbons (Fsp3) is 0.111. The van der Waals surface area contributed by atoms with Gasteiger partial charge in [0.15, 0.2) is 5.11 Å². The minimum absolute atomic E-state index is 0.0873. The molecule has 0 bridgehead atoms. The van der Waals surface area contributed by atoms with Gasteiger partial charge in [0.2, 0.25) is 0 Å². The van der Waals surface area contributed by atoms with Gasteiger partial charge >= 0.3 is 0 Å². The zero-order valence-electron chi connectivity index (χ0n) is 14.8. The molecule has 10 heteroatoms. The van der Waals surface area contributed by atoms with Crippen LogP contribution in [0.15, 0.2) is 54.9 Å². The Morgan fingerprint density at radius 3 is 2.82 bits per heavy atom. The Balaban J connectivity index is 1.65. The molecule has 2 N–H and O–H groups in total. The van der Waals surface area contributed by atoms with Crippen LogP contribution in [0.1, 0.15) is 5.56 Å². The predicted octanol–water partition coefficient (Wildman–Crippen LogP) is 3.80. The smallest absolute Gasteiger partial charge is 0.273 e. The first kappa shape index (κ1) is 19.2. The highest BCUT2D eigenvalue weighted by molar-refractivity contribution is 7.80. The molecule has 0 aliphatic heterocycles. The number of nitro groups is 1. The number of nitrogens with one attached hydrogen (secondary N) is 2. The summed E-state index contributed by atoms with van der Waals surface area (Å²) in [6.07, 6.45) is 3.25. The highest BCUT2D eigenvalue weighted by atomic mass is 32.1. The number of aromatic nitrogens is 2. The number of nitro benzene ring substituents is 1. The van der Waals surface area contributed by atoms with E-state index in [0.717, 1.165) is 0 Å². The molecular formula is C18H16FN5O3S. The van der Waals surface area contributed by atoms with Gasteiger partial charge in [0.05, 0.1) is 42.2 Å². The molecule has 3 aromatic rings. The molecule has 0 saturated heterocycles. The molecule has 8 nitrogen and oxygen atoms in total. The standard InChI is InChI=1S/C18H16FN5O3S/c1-27-17-8-14(24(25)26)6-7-16(17)22-18(28)21-13-9-20-23(11-13)10-12-4-2-3-5-15(12)19/h2-9,11H,10H2,1H3,(H2,21,22,28). The van der Waals surface area contributed by atoms with E-state index in [1.807, 2.05) is 0 Å². The molecule has 0 radical (unpaired) electrons. The molecule has 0 atom stereocenters. The van der Waals surface area contributed by atoms with Crippen molar-refractivity contribution in [1.82, 2.24) is 9.78 Å². The summed E-state index contributed by atoms with van der Waals surface area (Å²) in [4.78, 5) is 10.3. The molecule has 0 fully saturated rings. The number of hydrogen-bond acceptors (Lipinski definition) is 5. The average molecular weight is 401 g/mol. The van der Waals surface area contributed by atoms with E-state index in [2.05, 4.69) is 15.7 Å². The summed E-state index contributed by atoms with van der Waals surface area (Å²) in [7, 11) is 1.41. The fourth-order valence-corrected chi connectivity index (χ4v) is 2.72. The highest BCUT2D eigenvalue weighted by Crippen LogP contribution is 2.29. The number of rotatable bonds is 6. The Labute approximate surface area is 165 Å².